The van der Waals surface area contributed by atoms with E-state index in [1.807, 2.05) is 29.2 Å². The number of hydrogen-bond donors (Lipinski definition) is 1. The van der Waals surface area contributed by atoms with Crippen LogP contribution in [0.2, 0.25) is 0 Å². The molecule has 0 unspecified atom stereocenters. The van der Waals surface area contributed by atoms with Crippen LogP contribution in [0.4, 0.5) is 0 Å². The molecule has 6 nitrogen and oxygen atoms in total. The van der Waals surface area contributed by atoms with Crippen LogP contribution in [0.15, 0.2) is 42.7 Å². The van der Waals surface area contributed by atoms with Crippen LogP contribution in [0, 0.1) is 0 Å². The Bertz CT molecular complexity index is 799. The van der Waals surface area contributed by atoms with E-state index in [-0.39, 0.29) is 12.0 Å². The van der Waals surface area contributed by atoms with Crippen LogP contribution in [-0.2, 0) is 4.74 Å². The first-order valence-electron chi connectivity index (χ1n) is 9.34. The highest BCUT2D eigenvalue weighted by Gasteiger charge is 2.23. The lowest BCUT2D eigenvalue weighted by atomic mass is 10.0. The van der Waals surface area contributed by atoms with Gasteiger partial charge in [-0.05, 0) is 43.0 Å². The Balaban J connectivity index is 1.75. The minimum absolute atomic E-state index is 0.0166. The molecule has 0 bridgehead atoms. The van der Waals surface area contributed by atoms with Gasteiger partial charge < -0.3 is 15.4 Å². The monoisotopic (exact) mass is 367 g/mol. The number of hydrogen-bond acceptors (Lipinski definition) is 4. The van der Waals surface area contributed by atoms with Gasteiger partial charge in [0.05, 0.1) is 11.7 Å². The molecule has 2 heterocycles. The molecule has 0 spiro atoms. The van der Waals surface area contributed by atoms with Gasteiger partial charge in [-0.2, -0.15) is 0 Å². The first-order chi connectivity index (χ1) is 13.1. The highest BCUT2D eigenvalue weighted by molar-refractivity contribution is 5.95. The predicted octanol–water partition coefficient (Wildman–Crippen LogP) is 2.88. The van der Waals surface area contributed by atoms with Gasteiger partial charge in [-0.15, -0.1) is 0 Å². The van der Waals surface area contributed by atoms with Crippen molar-refractivity contribution in [2.75, 3.05) is 19.7 Å². The maximum absolute atomic E-state index is 12.9. The summed E-state index contributed by atoms with van der Waals surface area (Å²) in [6, 6.07) is 9.06. The van der Waals surface area contributed by atoms with Crippen LogP contribution in [0.5, 0.6) is 0 Å². The normalized spacial score (nSPS) is 16.3. The van der Waals surface area contributed by atoms with E-state index >= 15 is 0 Å². The summed E-state index contributed by atoms with van der Waals surface area (Å²) in [6.45, 7) is 4.20. The number of rotatable bonds is 7. The molecule has 1 aromatic heterocycles. The molecule has 1 saturated heterocycles. The van der Waals surface area contributed by atoms with Crippen LogP contribution in [0.25, 0.3) is 11.1 Å². The number of carbonyl (C=O) groups excluding carboxylic acids is 2. The SMILES string of the molecule is CCCN(C[C@H]1CCCO1)C(=O)c1ccc(-c2cncc(C(N)=O)c2)cc1. The zero-order valence-electron chi connectivity index (χ0n) is 15.6. The summed E-state index contributed by atoms with van der Waals surface area (Å²) in [6.07, 6.45) is 6.23. The number of ether oxygens (including phenoxy) is 1. The summed E-state index contributed by atoms with van der Waals surface area (Å²) in [5, 5.41) is 0. The van der Waals surface area contributed by atoms with Gasteiger partial charge in [0, 0.05) is 43.2 Å². The zero-order chi connectivity index (χ0) is 19.2. The first-order valence-corrected chi connectivity index (χ1v) is 9.34. The lowest BCUT2D eigenvalue weighted by molar-refractivity contribution is 0.0526. The van der Waals surface area contributed by atoms with Crippen LogP contribution in [0.1, 0.15) is 46.9 Å². The molecule has 2 aromatic rings. The number of aromatic nitrogens is 1. The summed E-state index contributed by atoms with van der Waals surface area (Å²) in [4.78, 5) is 30.2. The highest BCUT2D eigenvalue weighted by atomic mass is 16.5. The Morgan fingerprint density at radius 1 is 1.19 bits per heavy atom. The van der Waals surface area contributed by atoms with Crippen LogP contribution in [0.3, 0.4) is 0 Å². The highest BCUT2D eigenvalue weighted by Crippen LogP contribution is 2.21. The fourth-order valence-electron chi connectivity index (χ4n) is 3.30. The molecular formula is C21H25N3O3. The van der Waals surface area contributed by atoms with Gasteiger partial charge in [-0.3, -0.25) is 14.6 Å². The van der Waals surface area contributed by atoms with Gasteiger partial charge in [-0.1, -0.05) is 19.1 Å². The second-order valence-corrected chi connectivity index (χ2v) is 6.79. The Hall–Kier alpha value is -2.73. The van der Waals surface area contributed by atoms with Crippen LogP contribution < -0.4 is 5.73 Å². The van der Waals surface area contributed by atoms with Crippen molar-refractivity contribution in [3.63, 3.8) is 0 Å². The van der Waals surface area contributed by atoms with Gasteiger partial charge in [0.2, 0.25) is 5.91 Å². The van der Waals surface area contributed by atoms with Crippen molar-refractivity contribution in [3.8, 4) is 11.1 Å². The van der Waals surface area contributed by atoms with E-state index in [0.717, 1.165) is 37.0 Å². The van der Waals surface area contributed by atoms with E-state index in [1.54, 1.807) is 12.3 Å². The van der Waals surface area contributed by atoms with Crippen molar-refractivity contribution < 1.29 is 14.3 Å². The minimum atomic E-state index is -0.513. The van der Waals surface area contributed by atoms with Gasteiger partial charge in [0.25, 0.3) is 5.91 Å². The van der Waals surface area contributed by atoms with Crippen LogP contribution in [-0.4, -0.2) is 47.5 Å². The number of nitrogens with two attached hydrogens (primary N) is 1. The maximum atomic E-state index is 12.9. The van der Waals surface area contributed by atoms with Gasteiger partial charge in [-0.25, -0.2) is 0 Å². The standard InChI is InChI=1S/C21H25N3O3/c1-2-9-24(14-19-4-3-10-27-19)21(26)16-7-5-15(6-8-16)17-11-18(20(22)25)13-23-12-17/h5-8,11-13,19H,2-4,9-10,14H2,1H3,(H2,22,25)/t19-/m1/s1. The maximum Gasteiger partial charge on any atom is 0.253 e. The number of amides is 2. The van der Waals surface area contributed by atoms with Crippen molar-refractivity contribution in [1.29, 1.82) is 0 Å². The van der Waals surface area contributed by atoms with Crippen molar-refractivity contribution in [2.24, 2.45) is 5.73 Å². The van der Waals surface area contributed by atoms with E-state index < -0.39 is 5.91 Å². The fourth-order valence-corrected chi connectivity index (χ4v) is 3.30. The third-order valence-corrected chi connectivity index (χ3v) is 4.72. The molecule has 0 radical (unpaired) electrons. The Kier molecular flexibility index (Phi) is 6.19. The third-order valence-electron chi connectivity index (χ3n) is 4.72. The molecule has 27 heavy (non-hydrogen) atoms. The van der Waals surface area contributed by atoms with E-state index in [2.05, 4.69) is 11.9 Å². The Morgan fingerprint density at radius 3 is 2.59 bits per heavy atom. The van der Waals surface area contributed by atoms with E-state index in [4.69, 9.17) is 10.5 Å². The third kappa shape index (κ3) is 4.71. The number of pyridine rings is 1. The molecule has 1 aliphatic rings. The molecule has 1 fully saturated rings. The first kappa shape index (κ1) is 19.0. The Morgan fingerprint density at radius 2 is 1.96 bits per heavy atom. The van der Waals surface area contributed by atoms with Crippen molar-refractivity contribution in [1.82, 2.24) is 9.88 Å². The Labute approximate surface area is 159 Å². The second kappa shape index (κ2) is 8.77. The molecule has 0 aliphatic carbocycles. The zero-order valence-corrected chi connectivity index (χ0v) is 15.6. The quantitative estimate of drug-likeness (QED) is 0.815. The summed E-state index contributed by atoms with van der Waals surface area (Å²) in [5.74, 6) is -0.497. The summed E-state index contributed by atoms with van der Waals surface area (Å²) >= 11 is 0. The van der Waals surface area contributed by atoms with E-state index in [1.165, 1.54) is 6.20 Å². The predicted molar refractivity (Wildman–Crippen MR) is 103 cm³/mol. The minimum Gasteiger partial charge on any atom is -0.376 e. The van der Waals surface area contributed by atoms with E-state index in [0.29, 0.717) is 24.2 Å². The molecule has 2 amide bonds. The summed E-state index contributed by atoms with van der Waals surface area (Å²) < 4.78 is 5.68. The van der Waals surface area contributed by atoms with Gasteiger partial charge in [0.1, 0.15) is 0 Å². The molecule has 142 valence electrons. The number of primary amides is 1. The van der Waals surface area contributed by atoms with Crippen molar-refractivity contribution >= 4 is 11.8 Å². The molecule has 3 rings (SSSR count). The van der Waals surface area contributed by atoms with Crippen molar-refractivity contribution in [3.05, 3.63) is 53.9 Å². The second-order valence-electron chi connectivity index (χ2n) is 6.79. The van der Waals surface area contributed by atoms with Crippen LogP contribution >= 0.6 is 0 Å². The molecule has 1 aromatic carbocycles. The average molecular weight is 367 g/mol. The van der Waals surface area contributed by atoms with Gasteiger partial charge in [0.15, 0.2) is 0 Å². The topological polar surface area (TPSA) is 85.5 Å². The fraction of sp³-hybridized carbons (Fsp3) is 0.381. The number of nitrogens with zero attached hydrogens (tertiary/aromatic N) is 2. The summed E-state index contributed by atoms with van der Waals surface area (Å²) in [7, 11) is 0. The molecule has 0 saturated carbocycles. The molecule has 2 N–H and O–H groups in total. The molecule has 6 heteroatoms. The lowest BCUT2D eigenvalue weighted by Crippen LogP contribution is -2.37. The van der Waals surface area contributed by atoms with Gasteiger partial charge >= 0.3 is 0 Å². The van der Waals surface area contributed by atoms with Crippen molar-refractivity contribution in [2.45, 2.75) is 32.3 Å². The van der Waals surface area contributed by atoms with E-state index in [9.17, 15) is 9.59 Å². The number of carbonyl (C=O) groups is 2. The summed E-state index contributed by atoms with van der Waals surface area (Å²) in [5.41, 5.74) is 7.98. The lowest BCUT2D eigenvalue weighted by Gasteiger charge is -2.25. The smallest absolute Gasteiger partial charge is 0.253 e. The molecule has 1 aliphatic heterocycles. The average Bonchev–Trinajstić information content (AvgIpc) is 3.20. The number of benzene rings is 1. The molecule has 1 atom stereocenters. The largest absolute Gasteiger partial charge is 0.376 e. The molecular weight excluding hydrogens is 342 g/mol.